The first-order valence-corrected chi connectivity index (χ1v) is 7.39. The molecule has 0 aliphatic carbocycles. The van der Waals surface area contributed by atoms with Crippen LogP contribution in [0, 0.1) is 6.92 Å². The van der Waals surface area contributed by atoms with Crippen LogP contribution in [-0.4, -0.2) is 23.6 Å². The van der Waals surface area contributed by atoms with Gasteiger partial charge in [-0.25, -0.2) is 13.4 Å². The quantitative estimate of drug-likeness (QED) is 0.831. The van der Waals surface area contributed by atoms with Crippen molar-refractivity contribution < 1.29 is 8.42 Å². The summed E-state index contributed by atoms with van der Waals surface area (Å²) in [5.74, 6) is 0. The third-order valence-corrected chi connectivity index (χ3v) is 4.34. The summed E-state index contributed by atoms with van der Waals surface area (Å²) in [6.45, 7) is 1.61. The number of pyridine rings is 1. The van der Waals surface area contributed by atoms with E-state index in [2.05, 4.69) is 35.8 Å². The number of halogens is 2. The Morgan fingerprint density at radius 2 is 2.17 bits per heavy atom. The fraction of sp³-hybridized carbons (Fsp3) is 0.111. The zero-order valence-electron chi connectivity index (χ0n) is 9.11. The Hall–Kier alpha value is -1.12. The van der Waals surface area contributed by atoms with Gasteiger partial charge in [-0.3, -0.25) is 9.82 Å². The zero-order valence-corrected chi connectivity index (χ0v) is 12.3. The van der Waals surface area contributed by atoms with Crippen molar-refractivity contribution in [2.45, 2.75) is 11.8 Å². The third-order valence-electron chi connectivity index (χ3n) is 2.12. The van der Waals surface area contributed by atoms with Gasteiger partial charge in [-0.05, 0) is 28.9 Å². The van der Waals surface area contributed by atoms with Crippen molar-refractivity contribution in [1.82, 2.24) is 15.2 Å². The Morgan fingerprint density at radius 1 is 1.44 bits per heavy atom. The van der Waals surface area contributed by atoms with Crippen LogP contribution in [0.5, 0.6) is 0 Å². The van der Waals surface area contributed by atoms with Crippen LogP contribution in [0.1, 0.15) is 5.69 Å². The summed E-state index contributed by atoms with van der Waals surface area (Å²) in [7, 11) is -3.73. The summed E-state index contributed by atoms with van der Waals surface area (Å²) in [6.07, 6.45) is 2.71. The van der Waals surface area contributed by atoms with E-state index < -0.39 is 10.0 Å². The van der Waals surface area contributed by atoms with E-state index in [0.29, 0.717) is 10.2 Å². The fourth-order valence-corrected chi connectivity index (χ4v) is 3.04. The Bertz CT molecular complexity index is 686. The molecule has 2 aromatic heterocycles. The highest BCUT2D eigenvalue weighted by molar-refractivity contribution is 9.10. The monoisotopic (exact) mass is 350 g/mol. The first-order valence-electron chi connectivity index (χ1n) is 4.74. The molecule has 0 fully saturated rings. The second-order valence-electron chi connectivity index (χ2n) is 3.46. The molecular weight excluding hydrogens is 344 g/mol. The summed E-state index contributed by atoms with van der Waals surface area (Å²) >= 11 is 9.01. The van der Waals surface area contributed by atoms with Crippen LogP contribution in [0.25, 0.3) is 0 Å². The molecule has 0 spiro atoms. The molecule has 0 aliphatic rings. The molecule has 0 unspecified atom stereocenters. The maximum Gasteiger partial charge on any atom is 0.265 e. The third kappa shape index (κ3) is 2.65. The van der Waals surface area contributed by atoms with E-state index >= 15 is 0 Å². The molecule has 0 atom stereocenters. The summed E-state index contributed by atoms with van der Waals surface area (Å²) in [5, 5.41) is 6.30. The van der Waals surface area contributed by atoms with Crippen LogP contribution in [-0.2, 0) is 10.0 Å². The van der Waals surface area contributed by atoms with Crippen molar-refractivity contribution in [3.8, 4) is 0 Å². The lowest BCUT2D eigenvalue weighted by Crippen LogP contribution is -2.14. The van der Waals surface area contributed by atoms with Gasteiger partial charge in [0.2, 0.25) is 0 Å². The maximum absolute atomic E-state index is 12.1. The summed E-state index contributed by atoms with van der Waals surface area (Å²) in [6, 6.07) is 1.53. The number of aromatic amines is 1. The van der Waals surface area contributed by atoms with Crippen molar-refractivity contribution in [2.24, 2.45) is 0 Å². The number of anilines is 1. The predicted molar refractivity (Wildman–Crippen MR) is 71.1 cm³/mol. The minimum Gasteiger partial charge on any atom is -0.281 e. The highest BCUT2D eigenvalue weighted by Crippen LogP contribution is 2.26. The first-order chi connectivity index (χ1) is 8.40. The summed E-state index contributed by atoms with van der Waals surface area (Å²) < 4.78 is 27.1. The highest BCUT2D eigenvalue weighted by Gasteiger charge is 2.20. The highest BCUT2D eigenvalue weighted by atomic mass is 79.9. The SMILES string of the molecule is Cc1[nH]ncc1S(=O)(=O)Nc1cc(Br)cnc1Cl. The number of hydrogen-bond donors (Lipinski definition) is 2. The van der Waals surface area contributed by atoms with Gasteiger partial charge >= 0.3 is 0 Å². The van der Waals surface area contributed by atoms with Gasteiger partial charge in [-0.15, -0.1) is 0 Å². The Balaban J connectivity index is 2.40. The zero-order chi connectivity index (χ0) is 13.3. The Kier molecular flexibility index (Phi) is 3.60. The van der Waals surface area contributed by atoms with Gasteiger partial charge in [-0.1, -0.05) is 11.6 Å². The number of nitrogens with one attached hydrogen (secondary N) is 2. The Labute approximate surface area is 117 Å². The fourth-order valence-electron chi connectivity index (χ4n) is 1.30. The lowest BCUT2D eigenvalue weighted by molar-refractivity contribution is 0.600. The predicted octanol–water partition coefficient (Wildman–Crippen LogP) is 2.33. The molecule has 96 valence electrons. The van der Waals surface area contributed by atoms with Gasteiger partial charge in [0.1, 0.15) is 4.90 Å². The molecule has 0 bridgehead atoms. The molecule has 9 heteroatoms. The average molecular weight is 352 g/mol. The van der Waals surface area contributed by atoms with Crippen LogP contribution in [0.4, 0.5) is 5.69 Å². The number of sulfonamides is 1. The van der Waals surface area contributed by atoms with E-state index in [1.165, 1.54) is 18.5 Å². The van der Waals surface area contributed by atoms with Crippen molar-refractivity contribution in [1.29, 1.82) is 0 Å². The van der Waals surface area contributed by atoms with Crippen LogP contribution in [0.3, 0.4) is 0 Å². The molecule has 0 aliphatic heterocycles. The van der Waals surface area contributed by atoms with E-state index in [4.69, 9.17) is 11.6 Å². The minimum atomic E-state index is -3.73. The second-order valence-corrected chi connectivity index (χ2v) is 6.38. The molecule has 0 saturated carbocycles. The van der Waals surface area contributed by atoms with E-state index in [9.17, 15) is 8.42 Å². The van der Waals surface area contributed by atoms with E-state index in [0.717, 1.165) is 0 Å². The van der Waals surface area contributed by atoms with Gasteiger partial charge < -0.3 is 0 Å². The van der Waals surface area contributed by atoms with E-state index in [1.54, 1.807) is 6.92 Å². The lowest BCUT2D eigenvalue weighted by Gasteiger charge is -2.08. The molecule has 6 nitrogen and oxygen atoms in total. The van der Waals surface area contributed by atoms with Gasteiger partial charge in [-0.2, -0.15) is 5.10 Å². The standard InChI is InChI=1S/C9H8BrClN4O2S/c1-5-8(4-13-14-5)18(16,17)15-7-2-6(10)3-12-9(7)11/h2-4,15H,1H3,(H,13,14). The summed E-state index contributed by atoms with van der Waals surface area (Å²) in [4.78, 5) is 3.90. The van der Waals surface area contributed by atoms with Crippen molar-refractivity contribution >= 4 is 43.2 Å². The number of H-pyrrole nitrogens is 1. The molecule has 2 N–H and O–H groups in total. The van der Waals surface area contributed by atoms with Crippen molar-refractivity contribution in [3.63, 3.8) is 0 Å². The minimum absolute atomic E-state index is 0.0681. The molecule has 2 aromatic rings. The molecular formula is C9H8BrClN4O2S. The van der Waals surface area contributed by atoms with E-state index in [1.807, 2.05) is 0 Å². The second kappa shape index (κ2) is 4.87. The molecule has 2 rings (SSSR count). The Morgan fingerprint density at radius 3 is 2.78 bits per heavy atom. The van der Waals surface area contributed by atoms with Crippen LogP contribution in [0.2, 0.25) is 5.15 Å². The summed E-state index contributed by atoms with van der Waals surface area (Å²) in [5.41, 5.74) is 0.647. The number of hydrogen-bond acceptors (Lipinski definition) is 4. The van der Waals surface area contributed by atoms with Gasteiger partial charge in [0.05, 0.1) is 17.6 Å². The number of nitrogens with zero attached hydrogens (tertiary/aromatic N) is 2. The molecule has 2 heterocycles. The molecule has 0 saturated heterocycles. The van der Waals surface area contributed by atoms with Gasteiger partial charge in [0.15, 0.2) is 5.15 Å². The smallest absolute Gasteiger partial charge is 0.265 e. The van der Waals surface area contributed by atoms with Crippen LogP contribution < -0.4 is 4.72 Å². The lowest BCUT2D eigenvalue weighted by atomic mass is 10.4. The van der Waals surface area contributed by atoms with Gasteiger partial charge in [0, 0.05) is 10.7 Å². The number of rotatable bonds is 3. The average Bonchev–Trinajstić information content (AvgIpc) is 2.70. The van der Waals surface area contributed by atoms with E-state index in [-0.39, 0.29) is 15.7 Å². The normalized spacial score (nSPS) is 11.5. The van der Waals surface area contributed by atoms with Gasteiger partial charge in [0.25, 0.3) is 10.0 Å². The topological polar surface area (TPSA) is 87.7 Å². The molecule has 0 aromatic carbocycles. The molecule has 18 heavy (non-hydrogen) atoms. The molecule has 0 radical (unpaired) electrons. The first kappa shape index (κ1) is 13.3. The van der Waals surface area contributed by atoms with Crippen molar-refractivity contribution in [3.05, 3.63) is 33.8 Å². The van der Waals surface area contributed by atoms with Crippen molar-refractivity contribution in [2.75, 3.05) is 4.72 Å². The number of aryl methyl sites for hydroxylation is 1. The maximum atomic E-state index is 12.1. The number of aromatic nitrogens is 3. The van der Waals surface area contributed by atoms with Crippen LogP contribution in [0.15, 0.2) is 27.8 Å². The largest absolute Gasteiger partial charge is 0.281 e. The van der Waals surface area contributed by atoms with Crippen LogP contribution >= 0.6 is 27.5 Å². The molecule has 0 amide bonds.